The molecule has 4 N–H and O–H groups in total. The number of piperidine rings is 1. The molecule has 2 unspecified atom stereocenters. The van der Waals surface area contributed by atoms with Gasteiger partial charge in [0.15, 0.2) is 0 Å². The van der Waals surface area contributed by atoms with Gasteiger partial charge in [0.1, 0.15) is 6.04 Å². The highest BCUT2D eigenvalue weighted by Crippen LogP contribution is 2.21. The molecule has 2 aliphatic heterocycles. The Kier molecular flexibility index (Phi) is 6.37. The van der Waals surface area contributed by atoms with Crippen LogP contribution >= 0.6 is 23.2 Å². The fourth-order valence-electron chi connectivity index (χ4n) is 3.24. The lowest BCUT2D eigenvalue weighted by atomic mass is 10.0. The first-order chi connectivity index (χ1) is 12.4. The third-order valence-electron chi connectivity index (χ3n) is 4.82. The number of halogens is 2. The fourth-order valence-corrected chi connectivity index (χ4v) is 3.62. The van der Waals surface area contributed by atoms with E-state index in [1.54, 1.807) is 12.1 Å². The molecular weight excluding hydrogens is 377 g/mol. The Morgan fingerprint density at radius 2 is 1.92 bits per heavy atom. The summed E-state index contributed by atoms with van der Waals surface area (Å²) < 4.78 is 0. The van der Waals surface area contributed by atoms with Crippen molar-refractivity contribution in [2.45, 2.75) is 31.0 Å². The van der Waals surface area contributed by atoms with Crippen LogP contribution in [0.4, 0.5) is 0 Å². The SMILES string of the molecule is CN1CCC(NC(=O)C2NNCC2NC(=O)c2cc(Cl)ccc2Cl)CC1. The molecule has 142 valence electrons. The lowest BCUT2D eigenvalue weighted by Gasteiger charge is -2.30. The van der Waals surface area contributed by atoms with E-state index in [9.17, 15) is 9.59 Å². The molecule has 2 aliphatic rings. The van der Waals surface area contributed by atoms with E-state index in [4.69, 9.17) is 23.2 Å². The Morgan fingerprint density at radius 1 is 1.19 bits per heavy atom. The second-order valence-electron chi connectivity index (χ2n) is 6.79. The largest absolute Gasteiger partial charge is 0.352 e. The first kappa shape index (κ1) is 19.4. The molecule has 2 amide bonds. The maximum absolute atomic E-state index is 12.6. The highest BCUT2D eigenvalue weighted by molar-refractivity contribution is 6.35. The minimum Gasteiger partial charge on any atom is -0.352 e. The van der Waals surface area contributed by atoms with Gasteiger partial charge in [0.25, 0.3) is 5.91 Å². The quantitative estimate of drug-likeness (QED) is 0.600. The molecule has 9 heteroatoms. The second kappa shape index (κ2) is 8.54. The minimum atomic E-state index is -0.545. The smallest absolute Gasteiger partial charge is 0.253 e. The molecule has 26 heavy (non-hydrogen) atoms. The number of rotatable bonds is 4. The predicted molar refractivity (Wildman–Crippen MR) is 101 cm³/mol. The van der Waals surface area contributed by atoms with Crippen molar-refractivity contribution < 1.29 is 9.59 Å². The highest BCUT2D eigenvalue weighted by atomic mass is 35.5. The van der Waals surface area contributed by atoms with E-state index in [2.05, 4.69) is 33.4 Å². The third kappa shape index (κ3) is 4.66. The standard InChI is InChI=1S/C17H23Cl2N5O2/c1-24-6-4-11(5-7-24)21-17(26)15-14(9-20-23-15)22-16(25)12-8-10(18)2-3-13(12)19/h2-3,8,11,14-15,20,23H,4-7,9H2,1H3,(H,21,26)(H,22,25). The van der Waals surface area contributed by atoms with E-state index >= 15 is 0 Å². The second-order valence-corrected chi connectivity index (χ2v) is 7.64. The summed E-state index contributed by atoms with van der Waals surface area (Å²) in [6.07, 6.45) is 1.86. The summed E-state index contributed by atoms with van der Waals surface area (Å²) in [4.78, 5) is 27.4. The summed E-state index contributed by atoms with van der Waals surface area (Å²) in [5, 5.41) is 6.69. The van der Waals surface area contributed by atoms with Crippen LogP contribution in [-0.2, 0) is 4.79 Å². The first-order valence-electron chi connectivity index (χ1n) is 8.67. The van der Waals surface area contributed by atoms with Crippen LogP contribution in [0.3, 0.4) is 0 Å². The molecule has 0 radical (unpaired) electrons. The van der Waals surface area contributed by atoms with Gasteiger partial charge in [-0.3, -0.25) is 15.0 Å². The van der Waals surface area contributed by atoms with Crippen molar-refractivity contribution in [3.8, 4) is 0 Å². The zero-order valence-electron chi connectivity index (χ0n) is 14.5. The maximum Gasteiger partial charge on any atom is 0.253 e. The summed E-state index contributed by atoms with van der Waals surface area (Å²) in [5.41, 5.74) is 6.17. The van der Waals surface area contributed by atoms with Gasteiger partial charge in [-0.15, -0.1) is 0 Å². The average molecular weight is 400 g/mol. The van der Waals surface area contributed by atoms with Gasteiger partial charge in [-0.05, 0) is 51.2 Å². The monoisotopic (exact) mass is 399 g/mol. The third-order valence-corrected chi connectivity index (χ3v) is 5.38. The number of carbonyl (C=O) groups is 2. The number of amides is 2. The van der Waals surface area contributed by atoms with Gasteiger partial charge in [0, 0.05) is 17.6 Å². The van der Waals surface area contributed by atoms with Gasteiger partial charge >= 0.3 is 0 Å². The number of hydrazine groups is 1. The Balaban J connectivity index is 1.60. The molecular formula is C17H23Cl2N5O2. The van der Waals surface area contributed by atoms with E-state index in [0.717, 1.165) is 25.9 Å². The number of nitrogens with zero attached hydrogens (tertiary/aromatic N) is 1. The number of likely N-dealkylation sites (tertiary alicyclic amines) is 1. The van der Waals surface area contributed by atoms with Crippen molar-refractivity contribution in [1.82, 2.24) is 26.4 Å². The van der Waals surface area contributed by atoms with Crippen LogP contribution in [0.15, 0.2) is 18.2 Å². The van der Waals surface area contributed by atoms with Crippen LogP contribution in [0, 0.1) is 0 Å². The van der Waals surface area contributed by atoms with Gasteiger partial charge in [-0.1, -0.05) is 23.2 Å². The fraction of sp³-hybridized carbons (Fsp3) is 0.529. The summed E-state index contributed by atoms with van der Waals surface area (Å²) in [6, 6.07) is 3.95. The zero-order chi connectivity index (χ0) is 18.7. The predicted octanol–water partition coefficient (Wildman–Crippen LogP) is 0.779. The molecule has 2 fully saturated rings. The van der Waals surface area contributed by atoms with Crippen molar-refractivity contribution in [2.75, 3.05) is 26.7 Å². The average Bonchev–Trinajstić information content (AvgIpc) is 3.07. The van der Waals surface area contributed by atoms with Crippen molar-refractivity contribution in [1.29, 1.82) is 0 Å². The highest BCUT2D eigenvalue weighted by Gasteiger charge is 2.35. The van der Waals surface area contributed by atoms with Gasteiger partial charge in [0.2, 0.25) is 5.91 Å². The van der Waals surface area contributed by atoms with E-state index in [-0.39, 0.29) is 23.9 Å². The topological polar surface area (TPSA) is 85.5 Å². The Hall–Kier alpha value is -1.38. The Morgan fingerprint density at radius 3 is 2.65 bits per heavy atom. The molecule has 2 saturated heterocycles. The Bertz CT molecular complexity index is 679. The van der Waals surface area contributed by atoms with E-state index in [1.807, 2.05) is 0 Å². The zero-order valence-corrected chi connectivity index (χ0v) is 16.0. The summed E-state index contributed by atoms with van der Waals surface area (Å²) in [7, 11) is 2.08. The van der Waals surface area contributed by atoms with Crippen molar-refractivity contribution in [3.63, 3.8) is 0 Å². The van der Waals surface area contributed by atoms with Gasteiger partial charge in [-0.25, -0.2) is 5.43 Å². The summed E-state index contributed by atoms with van der Waals surface area (Å²) in [6.45, 7) is 2.37. The number of nitrogens with one attached hydrogen (secondary N) is 4. The van der Waals surface area contributed by atoms with Gasteiger partial charge < -0.3 is 15.5 Å². The van der Waals surface area contributed by atoms with E-state index in [0.29, 0.717) is 22.2 Å². The van der Waals surface area contributed by atoms with Crippen molar-refractivity contribution in [2.24, 2.45) is 0 Å². The maximum atomic E-state index is 12.6. The molecule has 1 aromatic carbocycles. The number of hydrogen-bond acceptors (Lipinski definition) is 5. The van der Waals surface area contributed by atoms with Crippen molar-refractivity contribution in [3.05, 3.63) is 33.8 Å². The minimum absolute atomic E-state index is 0.118. The Labute approximate surface area is 162 Å². The van der Waals surface area contributed by atoms with Crippen LogP contribution in [0.2, 0.25) is 10.0 Å². The van der Waals surface area contributed by atoms with E-state index in [1.165, 1.54) is 6.07 Å². The molecule has 1 aromatic rings. The molecule has 2 atom stereocenters. The molecule has 3 rings (SSSR count). The molecule has 2 heterocycles. The molecule has 0 aliphatic carbocycles. The first-order valence-corrected chi connectivity index (χ1v) is 9.43. The normalized spacial score (nSPS) is 24.4. The lowest BCUT2D eigenvalue weighted by Crippen LogP contribution is -2.56. The van der Waals surface area contributed by atoms with Crippen LogP contribution in [0.25, 0.3) is 0 Å². The lowest BCUT2D eigenvalue weighted by molar-refractivity contribution is -0.124. The van der Waals surface area contributed by atoms with Crippen LogP contribution in [-0.4, -0.2) is 61.5 Å². The van der Waals surface area contributed by atoms with Crippen LogP contribution in [0.5, 0.6) is 0 Å². The van der Waals surface area contributed by atoms with Crippen LogP contribution < -0.4 is 21.5 Å². The molecule has 0 aromatic heterocycles. The van der Waals surface area contributed by atoms with Gasteiger partial charge in [0.05, 0.1) is 16.6 Å². The summed E-state index contributed by atoms with van der Waals surface area (Å²) >= 11 is 12.0. The molecule has 0 bridgehead atoms. The van der Waals surface area contributed by atoms with E-state index < -0.39 is 6.04 Å². The molecule has 0 spiro atoms. The number of carbonyl (C=O) groups excluding carboxylic acids is 2. The number of benzene rings is 1. The van der Waals surface area contributed by atoms with Gasteiger partial charge in [-0.2, -0.15) is 0 Å². The van der Waals surface area contributed by atoms with Crippen molar-refractivity contribution >= 4 is 35.0 Å². The molecule has 7 nitrogen and oxygen atoms in total. The number of hydrogen-bond donors (Lipinski definition) is 4. The summed E-state index contributed by atoms with van der Waals surface area (Å²) in [5.74, 6) is -0.475. The van der Waals surface area contributed by atoms with Crippen LogP contribution in [0.1, 0.15) is 23.2 Å². The molecule has 0 saturated carbocycles.